The fourth-order valence-corrected chi connectivity index (χ4v) is 1.84. The van der Waals surface area contributed by atoms with E-state index in [0.717, 1.165) is 0 Å². The molecule has 1 aliphatic carbocycles. The summed E-state index contributed by atoms with van der Waals surface area (Å²) in [5.74, 6) is -7.41. The molecule has 5 heteroatoms. The van der Waals surface area contributed by atoms with Gasteiger partial charge in [0.15, 0.2) is 0 Å². The minimum atomic E-state index is -3.14. The maximum Gasteiger partial charge on any atom is 0.313 e. The van der Waals surface area contributed by atoms with Gasteiger partial charge in [0.05, 0.1) is 5.92 Å². The fourth-order valence-electron chi connectivity index (χ4n) is 1.72. The summed E-state index contributed by atoms with van der Waals surface area (Å²) in [7, 11) is 0. The Hall–Kier alpha value is -1.16. The van der Waals surface area contributed by atoms with Crippen molar-refractivity contribution in [1.82, 2.24) is 0 Å². The van der Waals surface area contributed by atoms with Crippen molar-refractivity contribution >= 4 is 17.6 Å². The Labute approximate surface area is 89.5 Å². The summed E-state index contributed by atoms with van der Waals surface area (Å²) >= 11 is 5.60. The zero-order valence-corrected chi connectivity index (χ0v) is 8.21. The van der Waals surface area contributed by atoms with Crippen molar-refractivity contribution in [3.63, 3.8) is 0 Å². The lowest BCUT2D eigenvalue weighted by Gasteiger charge is -1.97. The van der Waals surface area contributed by atoms with Crippen LogP contribution in [0.15, 0.2) is 24.3 Å². The number of carbonyl (C=O) groups is 1. The van der Waals surface area contributed by atoms with Gasteiger partial charge in [0.2, 0.25) is 0 Å². The first-order valence-corrected chi connectivity index (χ1v) is 4.68. The summed E-state index contributed by atoms with van der Waals surface area (Å²) in [5, 5.41) is 9.01. The second-order valence-electron chi connectivity index (χ2n) is 3.52. The molecule has 0 unspecified atom stereocenters. The lowest BCUT2D eigenvalue weighted by molar-refractivity contribution is -0.140. The van der Waals surface area contributed by atoms with Gasteiger partial charge in [-0.1, -0.05) is 23.7 Å². The van der Waals surface area contributed by atoms with Crippen LogP contribution in [0.25, 0.3) is 0 Å². The molecule has 2 nitrogen and oxygen atoms in total. The van der Waals surface area contributed by atoms with Crippen LogP contribution in [0.5, 0.6) is 0 Å². The number of carboxylic acids is 1. The van der Waals surface area contributed by atoms with Crippen LogP contribution < -0.4 is 0 Å². The van der Waals surface area contributed by atoms with Gasteiger partial charge in [0.1, 0.15) is 5.92 Å². The van der Waals surface area contributed by atoms with Gasteiger partial charge in [-0.25, -0.2) is 8.78 Å². The van der Waals surface area contributed by atoms with Gasteiger partial charge in [-0.3, -0.25) is 4.79 Å². The molecular formula is C10H7ClF2O2. The Morgan fingerprint density at radius 1 is 1.33 bits per heavy atom. The summed E-state index contributed by atoms with van der Waals surface area (Å²) < 4.78 is 26.2. The highest BCUT2D eigenvalue weighted by atomic mass is 35.5. The molecule has 1 aromatic carbocycles. The van der Waals surface area contributed by atoms with E-state index in [0.29, 0.717) is 10.6 Å². The Kier molecular flexibility index (Phi) is 2.19. The van der Waals surface area contributed by atoms with Gasteiger partial charge < -0.3 is 5.11 Å². The van der Waals surface area contributed by atoms with Crippen LogP contribution in [0.3, 0.4) is 0 Å². The minimum Gasteiger partial charge on any atom is -0.481 e. The van der Waals surface area contributed by atoms with Crippen LogP contribution in [-0.4, -0.2) is 17.0 Å². The molecular weight excluding hydrogens is 226 g/mol. The highest BCUT2D eigenvalue weighted by Gasteiger charge is 2.72. The van der Waals surface area contributed by atoms with Crippen molar-refractivity contribution in [2.24, 2.45) is 5.92 Å². The second-order valence-corrected chi connectivity index (χ2v) is 3.96. The SMILES string of the molecule is O=C(O)[C@H]1[C@@H](c2ccc(Cl)cc2)C1(F)F. The predicted molar refractivity (Wildman–Crippen MR) is 50.3 cm³/mol. The molecule has 1 aliphatic rings. The maximum absolute atomic E-state index is 13.1. The molecule has 80 valence electrons. The minimum absolute atomic E-state index is 0.316. The molecule has 1 fully saturated rings. The van der Waals surface area contributed by atoms with E-state index in [1.807, 2.05) is 0 Å². The Morgan fingerprint density at radius 2 is 1.87 bits per heavy atom. The van der Waals surface area contributed by atoms with E-state index in [-0.39, 0.29) is 0 Å². The van der Waals surface area contributed by atoms with Gasteiger partial charge in [-0.2, -0.15) is 0 Å². The summed E-state index contributed by atoms with van der Waals surface area (Å²) in [6.45, 7) is 0. The summed E-state index contributed by atoms with van der Waals surface area (Å²) in [6, 6.07) is 5.82. The third kappa shape index (κ3) is 1.59. The largest absolute Gasteiger partial charge is 0.481 e. The van der Waals surface area contributed by atoms with E-state index >= 15 is 0 Å². The highest BCUT2D eigenvalue weighted by Crippen LogP contribution is 2.61. The lowest BCUT2D eigenvalue weighted by atomic mass is 10.1. The van der Waals surface area contributed by atoms with Crippen LogP contribution in [0.2, 0.25) is 5.02 Å². The molecule has 0 saturated heterocycles. The van der Waals surface area contributed by atoms with E-state index in [9.17, 15) is 13.6 Å². The molecule has 1 saturated carbocycles. The summed E-state index contributed by atoms with van der Waals surface area (Å²) in [5.41, 5.74) is 0.316. The molecule has 0 aliphatic heterocycles. The van der Waals surface area contributed by atoms with Crippen molar-refractivity contribution in [3.8, 4) is 0 Å². The molecule has 2 rings (SSSR count). The van der Waals surface area contributed by atoms with Crippen molar-refractivity contribution in [1.29, 1.82) is 0 Å². The molecule has 0 amide bonds. The number of benzene rings is 1. The van der Waals surface area contributed by atoms with E-state index in [4.69, 9.17) is 16.7 Å². The van der Waals surface area contributed by atoms with Crippen molar-refractivity contribution in [2.75, 3.05) is 0 Å². The number of halogens is 3. The summed E-state index contributed by atoms with van der Waals surface area (Å²) in [6.07, 6.45) is 0. The molecule has 0 radical (unpaired) electrons. The van der Waals surface area contributed by atoms with E-state index in [1.165, 1.54) is 24.3 Å². The zero-order valence-electron chi connectivity index (χ0n) is 7.45. The third-order valence-electron chi connectivity index (χ3n) is 2.55. The first-order chi connectivity index (χ1) is 6.94. The molecule has 15 heavy (non-hydrogen) atoms. The smallest absolute Gasteiger partial charge is 0.313 e. The first kappa shape index (κ1) is 10.4. The number of aliphatic carboxylic acids is 1. The highest BCUT2D eigenvalue weighted by molar-refractivity contribution is 6.30. The topological polar surface area (TPSA) is 37.3 Å². The molecule has 0 spiro atoms. The second kappa shape index (κ2) is 3.17. The van der Waals surface area contributed by atoms with Gasteiger partial charge in [0.25, 0.3) is 5.92 Å². The van der Waals surface area contributed by atoms with Crippen molar-refractivity contribution < 1.29 is 18.7 Å². The number of rotatable bonds is 2. The normalized spacial score (nSPS) is 27.4. The summed E-state index contributed by atoms with van der Waals surface area (Å²) in [4.78, 5) is 10.5. The predicted octanol–water partition coefficient (Wildman–Crippen LogP) is 2.77. The lowest BCUT2D eigenvalue weighted by Crippen LogP contribution is -2.04. The Morgan fingerprint density at radius 3 is 2.27 bits per heavy atom. The molecule has 1 aromatic rings. The molecule has 1 N–H and O–H groups in total. The first-order valence-electron chi connectivity index (χ1n) is 4.30. The van der Waals surface area contributed by atoms with Gasteiger partial charge in [0, 0.05) is 5.02 Å². The molecule has 0 heterocycles. The molecule has 2 atom stereocenters. The van der Waals surface area contributed by atoms with Crippen LogP contribution in [-0.2, 0) is 4.79 Å². The average Bonchev–Trinajstić information content (AvgIpc) is 2.70. The molecule has 0 aromatic heterocycles. The van der Waals surface area contributed by atoms with Crippen LogP contribution >= 0.6 is 11.6 Å². The van der Waals surface area contributed by atoms with Gasteiger partial charge in [-0.05, 0) is 17.7 Å². The van der Waals surface area contributed by atoms with Crippen molar-refractivity contribution in [3.05, 3.63) is 34.9 Å². The van der Waals surface area contributed by atoms with Gasteiger partial charge >= 0.3 is 5.97 Å². The standard InChI is InChI=1S/C10H7ClF2O2/c11-6-3-1-5(2-4-6)7-8(9(14)15)10(7,12)13/h1-4,7-8H,(H,14,15)/t7-,8-/m1/s1. The maximum atomic E-state index is 13.1. The van der Waals surface area contributed by atoms with Crippen LogP contribution in [0.4, 0.5) is 8.78 Å². The number of alkyl halides is 2. The third-order valence-corrected chi connectivity index (χ3v) is 2.80. The van der Waals surface area contributed by atoms with E-state index in [1.54, 1.807) is 0 Å². The van der Waals surface area contributed by atoms with Crippen LogP contribution in [0, 0.1) is 5.92 Å². The Bertz CT molecular complexity index is 402. The average molecular weight is 233 g/mol. The fraction of sp³-hybridized carbons (Fsp3) is 0.300. The van der Waals surface area contributed by atoms with Crippen molar-refractivity contribution in [2.45, 2.75) is 11.8 Å². The number of hydrogen-bond donors (Lipinski definition) is 1. The number of carboxylic acid groups (broad SMARTS) is 1. The van der Waals surface area contributed by atoms with E-state index < -0.39 is 23.7 Å². The molecule has 0 bridgehead atoms. The monoisotopic (exact) mass is 232 g/mol. The number of hydrogen-bond acceptors (Lipinski definition) is 1. The van der Waals surface area contributed by atoms with E-state index in [2.05, 4.69) is 0 Å². The zero-order chi connectivity index (χ0) is 11.2. The quantitative estimate of drug-likeness (QED) is 0.851. The Balaban J connectivity index is 2.27. The van der Waals surface area contributed by atoms with Crippen LogP contribution in [0.1, 0.15) is 11.5 Å². The van der Waals surface area contributed by atoms with Gasteiger partial charge in [-0.15, -0.1) is 0 Å².